The molecule has 0 unspecified atom stereocenters. The summed E-state index contributed by atoms with van der Waals surface area (Å²) in [7, 11) is 0. The molecular weight excluding hydrogens is 472 g/mol. The Morgan fingerprint density at radius 2 is 1.91 bits per heavy atom. The summed E-state index contributed by atoms with van der Waals surface area (Å²) in [5.74, 6) is -0.370. The summed E-state index contributed by atoms with van der Waals surface area (Å²) < 4.78 is 2.92. The van der Waals surface area contributed by atoms with E-state index >= 15 is 0 Å². The minimum atomic E-state index is -0.454. The van der Waals surface area contributed by atoms with E-state index < -0.39 is 4.92 Å². The Labute approximate surface area is 203 Å². The van der Waals surface area contributed by atoms with Crippen molar-refractivity contribution in [2.45, 2.75) is 6.54 Å². The molecule has 0 saturated carbocycles. The Morgan fingerprint density at radius 3 is 2.71 bits per heavy atom. The molecule has 0 radical (unpaired) electrons. The van der Waals surface area contributed by atoms with Gasteiger partial charge in [0, 0.05) is 56.4 Å². The summed E-state index contributed by atoms with van der Waals surface area (Å²) in [6.07, 6.45) is 3.62. The highest BCUT2D eigenvalue weighted by Gasteiger charge is 2.13. The van der Waals surface area contributed by atoms with E-state index in [1.54, 1.807) is 18.3 Å². The largest absolute Gasteiger partial charge is 0.342 e. The molecule has 0 spiro atoms. The Bertz CT molecular complexity index is 1570. The summed E-state index contributed by atoms with van der Waals surface area (Å²) in [5.41, 5.74) is 5.59. The van der Waals surface area contributed by atoms with Gasteiger partial charge in [0.1, 0.15) is 0 Å². The molecule has 0 aliphatic rings. The summed E-state index contributed by atoms with van der Waals surface area (Å²) >= 11 is 7.26. The van der Waals surface area contributed by atoms with Crippen molar-refractivity contribution in [3.63, 3.8) is 0 Å². The zero-order valence-corrected chi connectivity index (χ0v) is 19.2. The van der Waals surface area contributed by atoms with Crippen molar-refractivity contribution in [3.05, 3.63) is 110 Å². The summed E-state index contributed by atoms with van der Waals surface area (Å²) in [6.45, 7) is 0.672. The predicted molar refractivity (Wildman–Crippen MR) is 136 cm³/mol. The van der Waals surface area contributed by atoms with Crippen LogP contribution < -0.4 is 5.43 Å². The molecule has 0 fully saturated rings. The third-order valence-electron chi connectivity index (χ3n) is 5.39. The number of aromatic nitrogens is 1. The van der Waals surface area contributed by atoms with Crippen LogP contribution in [0.25, 0.3) is 21.0 Å². The number of non-ortho nitro benzene ring substituents is 1. The number of nitrogens with zero attached hydrogens (tertiary/aromatic N) is 3. The maximum atomic E-state index is 12.6. The van der Waals surface area contributed by atoms with Crippen molar-refractivity contribution in [1.82, 2.24) is 9.99 Å². The van der Waals surface area contributed by atoms with Gasteiger partial charge in [-0.05, 0) is 35.9 Å². The second-order valence-electron chi connectivity index (χ2n) is 7.64. The van der Waals surface area contributed by atoms with Gasteiger partial charge in [-0.1, -0.05) is 41.9 Å². The van der Waals surface area contributed by atoms with Crippen LogP contribution in [0.5, 0.6) is 0 Å². The number of amides is 1. The van der Waals surface area contributed by atoms with E-state index in [0.29, 0.717) is 21.8 Å². The van der Waals surface area contributed by atoms with Gasteiger partial charge in [0.25, 0.3) is 11.6 Å². The zero-order chi connectivity index (χ0) is 23.7. The first-order valence-electron chi connectivity index (χ1n) is 10.3. The van der Waals surface area contributed by atoms with Gasteiger partial charge in [-0.3, -0.25) is 14.9 Å². The van der Waals surface area contributed by atoms with Gasteiger partial charge in [-0.15, -0.1) is 11.3 Å². The molecule has 34 heavy (non-hydrogen) atoms. The van der Waals surface area contributed by atoms with E-state index in [4.69, 9.17) is 11.6 Å². The molecule has 0 bridgehead atoms. The molecule has 7 nitrogen and oxygen atoms in total. The normalized spacial score (nSPS) is 11.4. The molecule has 0 saturated heterocycles. The van der Waals surface area contributed by atoms with Crippen LogP contribution >= 0.6 is 22.9 Å². The van der Waals surface area contributed by atoms with Crippen LogP contribution in [0.15, 0.2) is 84.1 Å². The van der Waals surface area contributed by atoms with Crippen LogP contribution in [-0.4, -0.2) is 21.6 Å². The van der Waals surface area contributed by atoms with Crippen LogP contribution in [0.2, 0.25) is 5.02 Å². The van der Waals surface area contributed by atoms with E-state index in [0.717, 1.165) is 26.7 Å². The molecule has 2 heterocycles. The Morgan fingerprint density at radius 1 is 1.12 bits per heavy atom. The lowest BCUT2D eigenvalue weighted by molar-refractivity contribution is -0.384. The first-order chi connectivity index (χ1) is 16.5. The molecule has 1 N–H and O–H groups in total. The van der Waals surface area contributed by atoms with Crippen LogP contribution in [-0.2, 0) is 6.54 Å². The van der Waals surface area contributed by atoms with E-state index in [1.165, 1.54) is 23.5 Å². The van der Waals surface area contributed by atoms with Crippen LogP contribution in [0.3, 0.4) is 0 Å². The topological polar surface area (TPSA) is 89.5 Å². The minimum absolute atomic E-state index is 0.00901. The molecule has 9 heteroatoms. The maximum absolute atomic E-state index is 12.6. The fourth-order valence-corrected chi connectivity index (χ4v) is 4.83. The number of hydrogen-bond acceptors (Lipinski definition) is 5. The Kier molecular flexibility index (Phi) is 5.83. The van der Waals surface area contributed by atoms with E-state index in [2.05, 4.69) is 15.1 Å². The fourth-order valence-electron chi connectivity index (χ4n) is 3.77. The second kappa shape index (κ2) is 9.09. The minimum Gasteiger partial charge on any atom is -0.342 e. The average molecular weight is 489 g/mol. The lowest BCUT2D eigenvalue weighted by atomic mass is 10.2. The fraction of sp³-hybridized carbons (Fsp3) is 0.0400. The molecule has 5 aromatic rings. The zero-order valence-electron chi connectivity index (χ0n) is 17.6. The first kappa shape index (κ1) is 21.8. The summed E-state index contributed by atoms with van der Waals surface area (Å²) in [6, 6.07) is 21.9. The molecule has 3 aromatic carbocycles. The third-order valence-corrected chi connectivity index (χ3v) is 6.76. The SMILES string of the molecule is O=C(NN=Cc1cn(Cc2ccc(Cl)cc2)c2ccccc12)c1cc2cc([N+](=O)[O-])ccc2s1. The number of hydrogen-bond donors (Lipinski definition) is 1. The molecule has 168 valence electrons. The number of rotatable bonds is 6. The average Bonchev–Trinajstić information content (AvgIpc) is 3.42. The van der Waals surface area contributed by atoms with Gasteiger partial charge in [0.2, 0.25) is 0 Å². The number of hydrazone groups is 1. The number of thiophene rings is 1. The molecular formula is C25H17ClN4O3S. The molecule has 2 aromatic heterocycles. The smallest absolute Gasteiger partial charge is 0.281 e. The molecule has 0 aliphatic carbocycles. The molecule has 1 amide bonds. The van der Waals surface area contributed by atoms with Crippen molar-refractivity contribution in [2.75, 3.05) is 0 Å². The molecule has 0 aliphatic heterocycles. The van der Waals surface area contributed by atoms with Crippen molar-refractivity contribution in [2.24, 2.45) is 5.10 Å². The van der Waals surface area contributed by atoms with Crippen molar-refractivity contribution >= 4 is 61.7 Å². The number of halogens is 1. The quantitative estimate of drug-likeness (QED) is 0.174. The van der Waals surface area contributed by atoms with Crippen molar-refractivity contribution in [3.8, 4) is 0 Å². The number of fused-ring (bicyclic) bond motifs is 2. The number of nitro benzene ring substituents is 1. The van der Waals surface area contributed by atoms with Crippen LogP contribution in [0, 0.1) is 10.1 Å². The number of nitro groups is 1. The van der Waals surface area contributed by atoms with E-state index in [1.807, 2.05) is 54.7 Å². The van der Waals surface area contributed by atoms with Gasteiger partial charge in [-0.2, -0.15) is 5.10 Å². The highest BCUT2D eigenvalue weighted by Crippen LogP contribution is 2.29. The lowest BCUT2D eigenvalue weighted by Crippen LogP contribution is -2.16. The number of nitrogens with one attached hydrogen (secondary N) is 1. The Hall–Kier alpha value is -4.01. The predicted octanol–water partition coefficient (Wildman–Crippen LogP) is 6.23. The van der Waals surface area contributed by atoms with Crippen molar-refractivity contribution < 1.29 is 9.72 Å². The number of para-hydroxylation sites is 1. The first-order valence-corrected chi connectivity index (χ1v) is 11.5. The summed E-state index contributed by atoms with van der Waals surface area (Å²) in [4.78, 5) is 23.5. The van der Waals surface area contributed by atoms with Gasteiger partial charge >= 0.3 is 0 Å². The van der Waals surface area contributed by atoms with Gasteiger partial charge < -0.3 is 4.57 Å². The standard InChI is InChI=1S/C25H17ClN4O3S/c26-19-7-5-16(6-8-19)14-29-15-18(21-3-1-2-4-22(21)29)13-27-28-25(31)24-12-17-11-20(30(32)33)9-10-23(17)34-24/h1-13,15H,14H2,(H,28,31). The van der Waals surface area contributed by atoms with Gasteiger partial charge in [0.15, 0.2) is 0 Å². The van der Waals surface area contributed by atoms with Gasteiger partial charge in [0.05, 0.1) is 16.0 Å². The number of carbonyl (C=O) groups excluding carboxylic acids is 1. The van der Waals surface area contributed by atoms with Crippen molar-refractivity contribution in [1.29, 1.82) is 0 Å². The Balaban J connectivity index is 1.36. The van der Waals surface area contributed by atoms with Gasteiger partial charge in [-0.25, -0.2) is 5.43 Å². The molecule has 0 atom stereocenters. The lowest BCUT2D eigenvalue weighted by Gasteiger charge is -2.05. The van der Waals surface area contributed by atoms with Crippen LogP contribution in [0.4, 0.5) is 5.69 Å². The van der Waals surface area contributed by atoms with E-state index in [9.17, 15) is 14.9 Å². The number of carbonyl (C=O) groups is 1. The maximum Gasteiger partial charge on any atom is 0.281 e. The monoisotopic (exact) mass is 488 g/mol. The highest BCUT2D eigenvalue weighted by molar-refractivity contribution is 7.20. The second-order valence-corrected chi connectivity index (χ2v) is 9.17. The van der Waals surface area contributed by atoms with Crippen LogP contribution in [0.1, 0.15) is 20.8 Å². The summed E-state index contributed by atoms with van der Waals surface area (Å²) in [5, 5.41) is 17.5. The number of benzene rings is 3. The highest BCUT2D eigenvalue weighted by atomic mass is 35.5. The molecule has 5 rings (SSSR count). The third kappa shape index (κ3) is 4.41. The van der Waals surface area contributed by atoms with E-state index in [-0.39, 0.29) is 11.6 Å².